The van der Waals surface area contributed by atoms with E-state index in [1.165, 1.54) is 0 Å². The number of unbranched alkanes of at least 4 members (excludes halogenated alkanes) is 4. The van der Waals surface area contributed by atoms with E-state index in [4.69, 9.17) is 4.74 Å². The number of fused-ring (bicyclic) bond motifs is 1. The number of rotatable bonds is 16. The maximum absolute atomic E-state index is 14.5. The number of amides is 2. The van der Waals surface area contributed by atoms with E-state index in [-0.39, 0.29) is 35.6 Å². The minimum Gasteiger partial charge on any atom is -0.465 e. The lowest BCUT2D eigenvalue weighted by Crippen LogP contribution is -2.57. The number of likely N-dealkylation sites (tertiary alicyclic amines) is 1. The summed E-state index contributed by atoms with van der Waals surface area (Å²) in [4.78, 5) is 45.7. The molecule has 3 unspecified atom stereocenters. The van der Waals surface area contributed by atoms with Gasteiger partial charge >= 0.3 is 5.97 Å². The van der Waals surface area contributed by atoms with Gasteiger partial charge in [0.05, 0.1) is 23.2 Å². The zero-order valence-corrected chi connectivity index (χ0v) is 24.5. The molecule has 4 rings (SSSR count). The average molecular weight is 569 g/mol. The first-order valence-corrected chi connectivity index (χ1v) is 15.6. The maximum Gasteiger partial charge on any atom is 0.310 e. The zero-order chi connectivity index (χ0) is 28.7. The van der Waals surface area contributed by atoms with Crippen molar-refractivity contribution < 1.29 is 24.2 Å². The molecule has 1 aromatic carbocycles. The van der Waals surface area contributed by atoms with Crippen LogP contribution in [0.2, 0.25) is 0 Å². The third-order valence-electron chi connectivity index (χ3n) is 8.73. The Morgan fingerprint density at radius 2 is 1.93 bits per heavy atom. The molecule has 218 valence electrons. The molecule has 1 spiro atoms. The van der Waals surface area contributed by atoms with E-state index in [1.54, 1.807) is 27.6 Å². The predicted octanol–water partition coefficient (Wildman–Crippen LogP) is 4.60. The Balaban J connectivity index is 1.63. The fourth-order valence-electron chi connectivity index (χ4n) is 6.90. The SMILES string of the molecule is C=CCCCCOC(=O)[C@@H]1[C@H]2C(=O)N(CCCCCO)C(C(=O)N(CC=C)Cc3ccccc3)C23S[C@@H]1CC3C. The highest BCUT2D eigenvalue weighted by molar-refractivity contribution is 8.02. The van der Waals surface area contributed by atoms with Gasteiger partial charge in [-0.25, -0.2) is 0 Å². The van der Waals surface area contributed by atoms with E-state index in [2.05, 4.69) is 20.1 Å². The van der Waals surface area contributed by atoms with Gasteiger partial charge in [0.1, 0.15) is 6.04 Å². The van der Waals surface area contributed by atoms with Crippen molar-refractivity contribution in [3.8, 4) is 0 Å². The Kier molecular flexibility index (Phi) is 10.5. The van der Waals surface area contributed by atoms with E-state index in [1.807, 2.05) is 36.4 Å². The topological polar surface area (TPSA) is 87.1 Å². The molecule has 8 heteroatoms. The molecule has 3 heterocycles. The van der Waals surface area contributed by atoms with Crippen molar-refractivity contribution in [1.29, 1.82) is 0 Å². The average Bonchev–Trinajstić information content (AvgIpc) is 3.54. The summed E-state index contributed by atoms with van der Waals surface area (Å²) in [6, 6.07) is 9.20. The Morgan fingerprint density at radius 3 is 2.62 bits per heavy atom. The standard InChI is InChI=1S/C32H44N2O5S/c1-4-6-7-14-20-39-31(38)26-25-21-23(3)32(40-25)27(26)29(36)34(18-12-9-13-19-35)28(32)30(37)33(17-5-2)22-24-15-10-8-11-16-24/h4-5,8,10-11,15-16,23,25-28,35H,1-2,6-7,9,12-14,17-22H2,3H3/t23?,25-,26+,27+,28?,32?/m1/s1. The maximum atomic E-state index is 14.5. The summed E-state index contributed by atoms with van der Waals surface area (Å²) in [5.74, 6) is -1.49. The number of allylic oxidation sites excluding steroid dienone is 1. The van der Waals surface area contributed by atoms with E-state index in [0.717, 1.165) is 37.7 Å². The van der Waals surface area contributed by atoms with Crippen molar-refractivity contribution in [2.45, 2.75) is 74.5 Å². The van der Waals surface area contributed by atoms with Gasteiger partial charge < -0.3 is 19.6 Å². The molecule has 6 atom stereocenters. The highest BCUT2D eigenvalue weighted by Crippen LogP contribution is 2.68. The van der Waals surface area contributed by atoms with Crippen LogP contribution in [0, 0.1) is 17.8 Å². The van der Waals surface area contributed by atoms with Gasteiger partial charge in [-0.1, -0.05) is 49.4 Å². The normalized spacial score (nSPS) is 28.4. The van der Waals surface area contributed by atoms with Crippen LogP contribution in [0.3, 0.4) is 0 Å². The minimum atomic E-state index is -0.668. The quantitative estimate of drug-likeness (QED) is 0.178. The number of esters is 1. The Hall–Kier alpha value is -2.58. The van der Waals surface area contributed by atoms with Crippen molar-refractivity contribution in [3.63, 3.8) is 0 Å². The fraction of sp³-hybridized carbons (Fsp3) is 0.594. The molecule has 3 aliphatic rings. The summed E-state index contributed by atoms with van der Waals surface area (Å²) < 4.78 is 5.06. The molecule has 1 N–H and O–H groups in total. The first kappa shape index (κ1) is 30.4. The third-order valence-corrected chi connectivity index (χ3v) is 10.8. The second-order valence-corrected chi connectivity index (χ2v) is 12.9. The molecular formula is C32H44N2O5S. The van der Waals surface area contributed by atoms with Gasteiger partial charge in [0.25, 0.3) is 0 Å². The lowest BCUT2D eigenvalue weighted by Gasteiger charge is -2.40. The molecule has 0 aliphatic carbocycles. The number of aliphatic hydroxyl groups is 1. The van der Waals surface area contributed by atoms with E-state index in [9.17, 15) is 19.5 Å². The number of thioether (sulfide) groups is 1. The van der Waals surface area contributed by atoms with Crippen molar-refractivity contribution in [3.05, 3.63) is 61.2 Å². The zero-order valence-electron chi connectivity index (χ0n) is 23.7. The number of nitrogens with zero attached hydrogens (tertiary/aromatic N) is 2. The smallest absolute Gasteiger partial charge is 0.310 e. The second kappa shape index (κ2) is 13.9. The highest BCUT2D eigenvalue weighted by atomic mass is 32.2. The monoisotopic (exact) mass is 568 g/mol. The molecule has 3 aliphatic heterocycles. The van der Waals surface area contributed by atoms with Gasteiger partial charge in [-0.15, -0.1) is 24.9 Å². The van der Waals surface area contributed by atoms with Gasteiger partial charge in [-0.05, 0) is 56.4 Å². The Labute approximate surface area is 243 Å². The van der Waals surface area contributed by atoms with Crippen LogP contribution in [0.5, 0.6) is 0 Å². The van der Waals surface area contributed by atoms with Crippen molar-refractivity contribution in [2.24, 2.45) is 17.8 Å². The van der Waals surface area contributed by atoms with Crippen LogP contribution >= 0.6 is 11.8 Å². The largest absolute Gasteiger partial charge is 0.465 e. The van der Waals surface area contributed by atoms with Gasteiger partial charge in [0, 0.05) is 31.5 Å². The number of hydrogen-bond acceptors (Lipinski definition) is 6. The van der Waals surface area contributed by atoms with Crippen LogP contribution in [-0.4, -0.2) is 75.0 Å². The first-order chi connectivity index (χ1) is 19.4. The van der Waals surface area contributed by atoms with Gasteiger partial charge in [0.15, 0.2) is 0 Å². The van der Waals surface area contributed by atoms with Crippen molar-refractivity contribution >= 4 is 29.5 Å². The molecule has 3 fully saturated rings. The lowest BCUT2D eigenvalue weighted by molar-refractivity contribution is -0.154. The van der Waals surface area contributed by atoms with Crippen LogP contribution in [-0.2, 0) is 25.7 Å². The molecule has 3 saturated heterocycles. The molecule has 40 heavy (non-hydrogen) atoms. The van der Waals surface area contributed by atoms with Gasteiger partial charge in [-0.3, -0.25) is 14.4 Å². The number of carbonyl (C=O) groups excluding carboxylic acids is 3. The molecule has 7 nitrogen and oxygen atoms in total. The van der Waals surface area contributed by atoms with Crippen LogP contribution in [0.1, 0.15) is 57.4 Å². The van der Waals surface area contributed by atoms with E-state index >= 15 is 0 Å². The number of hydrogen-bond donors (Lipinski definition) is 1. The number of benzene rings is 1. The predicted molar refractivity (Wildman–Crippen MR) is 158 cm³/mol. The molecule has 0 aromatic heterocycles. The summed E-state index contributed by atoms with van der Waals surface area (Å²) >= 11 is 1.68. The van der Waals surface area contributed by atoms with Crippen molar-refractivity contribution in [2.75, 3.05) is 26.3 Å². The molecular weight excluding hydrogens is 524 g/mol. The molecule has 2 bridgehead atoms. The lowest BCUT2D eigenvalue weighted by atomic mass is 9.66. The van der Waals surface area contributed by atoms with E-state index in [0.29, 0.717) is 39.1 Å². The summed E-state index contributed by atoms with van der Waals surface area (Å²) in [6.07, 6.45) is 9.02. The van der Waals surface area contributed by atoms with Crippen LogP contribution in [0.4, 0.5) is 0 Å². The summed E-state index contributed by atoms with van der Waals surface area (Å²) in [7, 11) is 0. The molecule has 0 saturated carbocycles. The summed E-state index contributed by atoms with van der Waals surface area (Å²) in [5.41, 5.74) is 1.01. The van der Waals surface area contributed by atoms with Gasteiger partial charge in [0.2, 0.25) is 11.8 Å². The van der Waals surface area contributed by atoms with Crippen molar-refractivity contribution in [1.82, 2.24) is 9.80 Å². The second-order valence-electron chi connectivity index (χ2n) is 11.3. The molecule has 0 radical (unpaired) electrons. The molecule has 1 aromatic rings. The summed E-state index contributed by atoms with van der Waals surface area (Å²) in [5, 5.41) is 9.25. The van der Waals surface area contributed by atoms with Crippen LogP contribution in [0.15, 0.2) is 55.6 Å². The Bertz CT molecular complexity index is 1060. The van der Waals surface area contributed by atoms with Gasteiger partial charge in [-0.2, -0.15) is 0 Å². The molecule has 2 amide bonds. The van der Waals surface area contributed by atoms with Crippen LogP contribution < -0.4 is 0 Å². The van der Waals surface area contributed by atoms with E-state index < -0.39 is 22.6 Å². The Morgan fingerprint density at radius 1 is 1.15 bits per heavy atom. The number of carbonyl (C=O) groups is 3. The first-order valence-electron chi connectivity index (χ1n) is 14.7. The van der Waals surface area contributed by atoms with Crippen LogP contribution in [0.25, 0.3) is 0 Å². The minimum absolute atomic E-state index is 0.0292. The number of ether oxygens (including phenoxy) is 1. The third kappa shape index (κ3) is 5.89. The number of aliphatic hydroxyl groups excluding tert-OH is 1. The fourth-order valence-corrected chi connectivity index (χ4v) is 9.31. The highest BCUT2D eigenvalue weighted by Gasteiger charge is 2.76. The summed E-state index contributed by atoms with van der Waals surface area (Å²) in [6.45, 7) is 11.4.